The Balaban J connectivity index is 1.37. The molecule has 0 amide bonds. The van der Waals surface area contributed by atoms with Gasteiger partial charge < -0.3 is 19.3 Å². The smallest absolute Gasteiger partial charge is 0.214 e. The number of benzene rings is 1. The number of rotatable bonds is 14. The molecule has 0 aromatic heterocycles. The molecular weight excluding hydrogens is 474 g/mol. The molecule has 1 aromatic carbocycles. The summed E-state index contributed by atoms with van der Waals surface area (Å²) in [4.78, 5) is 4.79. The second kappa shape index (κ2) is 14.9. The molecule has 5 nitrogen and oxygen atoms in total. The molecule has 0 bridgehead atoms. The van der Waals surface area contributed by atoms with Gasteiger partial charge in [0.05, 0.1) is 17.5 Å². The molecule has 4 rings (SSSR count). The Labute approximate surface area is 226 Å². The summed E-state index contributed by atoms with van der Waals surface area (Å²) in [5.41, 5.74) is 3.52. The number of nitrogens with zero attached hydrogens (tertiary/aromatic N) is 1. The van der Waals surface area contributed by atoms with E-state index in [1.807, 2.05) is 48.6 Å². The summed E-state index contributed by atoms with van der Waals surface area (Å²) in [5.74, 6) is 0.854. The molecule has 3 aliphatic rings. The molecule has 3 aliphatic heterocycles. The van der Waals surface area contributed by atoms with Crippen LogP contribution in [0.3, 0.4) is 0 Å². The quantitative estimate of drug-likeness (QED) is 0.252. The van der Waals surface area contributed by atoms with E-state index in [1.54, 1.807) is 18.4 Å². The molecule has 3 heterocycles. The summed E-state index contributed by atoms with van der Waals surface area (Å²) in [6.45, 7) is 2.57. The number of hydrogen-bond donors (Lipinski definition) is 1. The Morgan fingerprint density at radius 2 is 1.63 bits per heavy atom. The SMILES string of the molecule is CCCCCCCCCCCC1=NC(=CC2=COC(=C3C=CC=CO3)C(O)=C2OCc2ccccc2)C=C1. The fourth-order valence-corrected chi connectivity index (χ4v) is 4.51. The van der Waals surface area contributed by atoms with Gasteiger partial charge in [-0.15, -0.1) is 0 Å². The minimum atomic E-state index is -0.105. The van der Waals surface area contributed by atoms with E-state index < -0.39 is 0 Å². The third kappa shape index (κ3) is 8.14. The van der Waals surface area contributed by atoms with Gasteiger partial charge in [-0.2, -0.15) is 0 Å². The van der Waals surface area contributed by atoms with Crippen LogP contribution in [0.25, 0.3) is 0 Å². The van der Waals surface area contributed by atoms with E-state index in [-0.39, 0.29) is 11.5 Å². The maximum absolute atomic E-state index is 11.1. The normalized spacial score (nSPS) is 19.4. The van der Waals surface area contributed by atoms with E-state index in [4.69, 9.17) is 19.2 Å². The van der Waals surface area contributed by atoms with E-state index in [0.717, 1.165) is 29.8 Å². The second-order valence-electron chi connectivity index (χ2n) is 9.73. The number of unbranched alkanes of at least 4 members (excludes halogenated alkanes) is 8. The lowest BCUT2D eigenvalue weighted by atomic mass is 10.1. The van der Waals surface area contributed by atoms with Crippen molar-refractivity contribution in [3.63, 3.8) is 0 Å². The van der Waals surface area contributed by atoms with Gasteiger partial charge >= 0.3 is 0 Å². The molecule has 0 saturated carbocycles. The van der Waals surface area contributed by atoms with Gasteiger partial charge in [-0.1, -0.05) is 94.7 Å². The molecule has 0 unspecified atom stereocenters. The lowest BCUT2D eigenvalue weighted by Gasteiger charge is -2.21. The fraction of sp³-hybridized carbons (Fsp3) is 0.364. The van der Waals surface area contributed by atoms with Crippen LogP contribution >= 0.6 is 0 Å². The summed E-state index contributed by atoms with van der Waals surface area (Å²) in [6, 6.07) is 9.85. The van der Waals surface area contributed by atoms with Gasteiger partial charge in [0.2, 0.25) is 11.5 Å². The molecule has 0 spiro atoms. The van der Waals surface area contributed by atoms with Crippen molar-refractivity contribution in [1.29, 1.82) is 0 Å². The third-order valence-corrected chi connectivity index (χ3v) is 6.64. The van der Waals surface area contributed by atoms with Crippen molar-refractivity contribution in [2.24, 2.45) is 4.99 Å². The van der Waals surface area contributed by atoms with Crippen LogP contribution in [0.2, 0.25) is 0 Å². The van der Waals surface area contributed by atoms with Gasteiger partial charge in [-0.3, -0.25) is 4.99 Å². The minimum Gasteiger partial charge on any atom is -0.502 e. The fourth-order valence-electron chi connectivity index (χ4n) is 4.51. The van der Waals surface area contributed by atoms with Crippen LogP contribution in [-0.2, 0) is 20.8 Å². The van der Waals surface area contributed by atoms with Crippen molar-refractivity contribution in [2.45, 2.75) is 77.7 Å². The number of aliphatic hydroxyl groups is 1. The zero-order valence-electron chi connectivity index (χ0n) is 22.4. The summed E-state index contributed by atoms with van der Waals surface area (Å²) in [7, 11) is 0. The molecule has 38 heavy (non-hydrogen) atoms. The Kier molecular flexibility index (Phi) is 10.7. The van der Waals surface area contributed by atoms with Crippen LogP contribution in [0, 0.1) is 0 Å². The Morgan fingerprint density at radius 3 is 2.37 bits per heavy atom. The number of aliphatic hydroxyl groups excluding tert-OH is 1. The predicted octanol–water partition coefficient (Wildman–Crippen LogP) is 9.01. The van der Waals surface area contributed by atoms with Gasteiger partial charge in [0.15, 0.2) is 11.5 Å². The van der Waals surface area contributed by atoms with Crippen LogP contribution < -0.4 is 0 Å². The van der Waals surface area contributed by atoms with E-state index in [1.165, 1.54) is 57.6 Å². The first kappa shape index (κ1) is 27.3. The predicted molar refractivity (Wildman–Crippen MR) is 153 cm³/mol. The Bertz CT molecular complexity index is 1180. The monoisotopic (exact) mass is 513 g/mol. The molecule has 1 N–H and O–H groups in total. The van der Waals surface area contributed by atoms with Crippen molar-refractivity contribution in [1.82, 2.24) is 0 Å². The molecule has 200 valence electrons. The average molecular weight is 514 g/mol. The van der Waals surface area contributed by atoms with Crippen molar-refractivity contribution >= 4 is 5.71 Å². The zero-order valence-corrected chi connectivity index (χ0v) is 22.4. The lowest BCUT2D eigenvalue weighted by molar-refractivity contribution is 0.164. The van der Waals surface area contributed by atoms with Gasteiger partial charge in [-0.05, 0) is 48.8 Å². The van der Waals surface area contributed by atoms with E-state index in [2.05, 4.69) is 13.0 Å². The molecular formula is C33H39NO4. The summed E-state index contributed by atoms with van der Waals surface area (Å²) in [5, 5.41) is 11.1. The average Bonchev–Trinajstić information content (AvgIpc) is 3.40. The van der Waals surface area contributed by atoms with Gasteiger partial charge in [0, 0.05) is 5.71 Å². The van der Waals surface area contributed by atoms with Gasteiger partial charge in [-0.25, -0.2) is 0 Å². The van der Waals surface area contributed by atoms with Crippen molar-refractivity contribution in [2.75, 3.05) is 0 Å². The molecule has 0 aliphatic carbocycles. The molecule has 5 heteroatoms. The topological polar surface area (TPSA) is 60.3 Å². The van der Waals surface area contributed by atoms with Gasteiger partial charge in [0.25, 0.3) is 0 Å². The highest BCUT2D eigenvalue weighted by Gasteiger charge is 2.26. The number of allylic oxidation sites excluding steroid dienone is 6. The molecule has 1 aromatic rings. The van der Waals surface area contributed by atoms with Crippen LogP contribution in [0.5, 0.6) is 0 Å². The maximum atomic E-state index is 11.1. The Hall–Kier alpha value is -3.73. The first-order chi connectivity index (χ1) is 18.7. The van der Waals surface area contributed by atoms with Crippen LogP contribution in [0.4, 0.5) is 0 Å². The second-order valence-corrected chi connectivity index (χ2v) is 9.73. The number of aliphatic imine (C=N–C) groups is 1. The molecule has 0 fully saturated rings. The van der Waals surface area contributed by atoms with Crippen LogP contribution in [-0.4, -0.2) is 10.8 Å². The maximum Gasteiger partial charge on any atom is 0.214 e. The highest BCUT2D eigenvalue weighted by atomic mass is 16.5. The van der Waals surface area contributed by atoms with Gasteiger partial charge in [0.1, 0.15) is 12.9 Å². The van der Waals surface area contributed by atoms with Crippen LogP contribution in [0.1, 0.15) is 76.7 Å². The zero-order chi connectivity index (χ0) is 26.4. The van der Waals surface area contributed by atoms with Crippen LogP contribution in [0.15, 0.2) is 119 Å². The molecule has 0 radical (unpaired) electrons. The largest absolute Gasteiger partial charge is 0.502 e. The van der Waals surface area contributed by atoms with Crippen molar-refractivity contribution in [3.05, 3.63) is 119 Å². The van der Waals surface area contributed by atoms with E-state index in [9.17, 15) is 5.11 Å². The Morgan fingerprint density at radius 1 is 0.868 bits per heavy atom. The number of ether oxygens (including phenoxy) is 3. The first-order valence-electron chi connectivity index (χ1n) is 13.9. The van der Waals surface area contributed by atoms with Crippen molar-refractivity contribution < 1.29 is 19.3 Å². The highest BCUT2D eigenvalue weighted by Crippen LogP contribution is 2.33. The van der Waals surface area contributed by atoms with Crippen molar-refractivity contribution in [3.8, 4) is 0 Å². The lowest BCUT2D eigenvalue weighted by Crippen LogP contribution is -2.11. The van der Waals surface area contributed by atoms with E-state index in [0.29, 0.717) is 23.7 Å². The first-order valence-corrected chi connectivity index (χ1v) is 13.9. The highest BCUT2D eigenvalue weighted by molar-refractivity contribution is 5.98. The molecule has 0 atom stereocenters. The summed E-state index contributed by atoms with van der Waals surface area (Å²) < 4.78 is 17.4. The standard InChI is InChI=1S/C33H39NO4/c1-2-3-4-5-6-7-8-9-13-18-28-20-21-29(34-28)23-27-25-38-33(30-19-14-15-22-36-30)31(35)32(27)37-24-26-16-11-10-12-17-26/h10-12,14-17,19-23,25,35H,2-9,13,18,24H2,1H3. The third-order valence-electron chi connectivity index (χ3n) is 6.64. The number of hydrogen-bond acceptors (Lipinski definition) is 5. The summed E-state index contributed by atoms with van der Waals surface area (Å²) in [6.07, 6.45) is 27.2. The minimum absolute atomic E-state index is 0.105. The summed E-state index contributed by atoms with van der Waals surface area (Å²) >= 11 is 0. The molecule has 0 saturated heterocycles. The van der Waals surface area contributed by atoms with E-state index >= 15 is 0 Å².